The van der Waals surface area contributed by atoms with Gasteiger partial charge in [0.1, 0.15) is 0 Å². The largest absolute Gasteiger partial charge is 0.772 e. The highest BCUT2D eigenvalue weighted by Crippen LogP contribution is 2.36. The van der Waals surface area contributed by atoms with E-state index in [-0.39, 0.29) is 11.6 Å². The number of halogens is 6. The molecule has 1 aromatic carbocycles. The first-order chi connectivity index (χ1) is 8.50. The van der Waals surface area contributed by atoms with Crippen molar-refractivity contribution in [2.45, 2.75) is 18.8 Å². The molecule has 0 aromatic heterocycles. The normalized spacial score (nSPS) is 14.5. The lowest BCUT2D eigenvalue weighted by molar-refractivity contribution is -0.143. The molecule has 9 heteroatoms. The monoisotopic (exact) mass is 305 g/mol. The average Bonchev–Trinajstić information content (AvgIpc) is 2.23. The molecular weight excluding hydrogens is 298 g/mol. The number of benzene rings is 1. The zero-order valence-electron chi connectivity index (χ0n) is 9.14. The van der Waals surface area contributed by atoms with Gasteiger partial charge in [-0.3, -0.25) is 4.21 Å². The maximum Gasteiger partial charge on any atom is 0.416 e. The SMILES string of the molecule is O=S([O-])CCc1cc(C(F)(F)F)cc(C(F)(F)F)c1. The summed E-state index contributed by atoms with van der Waals surface area (Å²) in [6.45, 7) is 0. The van der Waals surface area contributed by atoms with Gasteiger partial charge in [0.15, 0.2) is 0 Å². The molecule has 0 spiro atoms. The molecule has 0 saturated heterocycles. The Labute approximate surface area is 106 Å². The quantitative estimate of drug-likeness (QED) is 0.636. The highest BCUT2D eigenvalue weighted by Gasteiger charge is 2.36. The second-order valence-electron chi connectivity index (χ2n) is 3.67. The Morgan fingerprint density at radius 3 is 1.68 bits per heavy atom. The Bertz CT molecular complexity index is 448. The summed E-state index contributed by atoms with van der Waals surface area (Å²) in [6.07, 6.45) is -10.3. The number of hydrogen-bond acceptors (Lipinski definition) is 2. The van der Waals surface area contributed by atoms with Gasteiger partial charge in [-0.05, 0) is 30.2 Å². The van der Waals surface area contributed by atoms with Gasteiger partial charge in [0.05, 0.1) is 11.1 Å². The summed E-state index contributed by atoms with van der Waals surface area (Å²) in [5.41, 5.74) is -3.23. The fourth-order valence-corrected chi connectivity index (χ4v) is 1.77. The number of aryl methyl sites for hydroxylation is 1. The van der Waals surface area contributed by atoms with E-state index < -0.39 is 46.7 Å². The third-order valence-corrected chi connectivity index (χ3v) is 2.74. The van der Waals surface area contributed by atoms with E-state index in [0.717, 1.165) is 0 Å². The standard InChI is InChI=1S/C10H8F6O2S/c11-9(12,13)7-3-6(1-2-19(17)18)4-8(5-7)10(14,15)16/h3-5H,1-2H2,(H,17,18)/p-1. The molecule has 1 atom stereocenters. The predicted octanol–water partition coefficient (Wildman–Crippen LogP) is 3.15. The highest BCUT2D eigenvalue weighted by molar-refractivity contribution is 7.79. The van der Waals surface area contributed by atoms with Crippen LogP contribution in [0.2, 0.25) is 0 Å². The zero-order valence-corrected chi connectivity index (χ0v) is 9.96. The Morgan fingerprint density at radius 2 is 1.37 bits per heavy atom. The maximum atomic E-state index is 12.4. The third-order valence-electron chi connectivity index (χ3n) is 2.20. The molecule has 0 heterocycles. The molecule has 0 aliphatic rings. The van der Waals surface area contributed by atoms with Gasteiger partial charge < -0.3 is 4.55 Å². The lowest BCUT2D eigenvalue weighted by Crippen LogP contribution is -2.12. The Balaban J connectivity index is 3.21. The van der Waals surface area contributed by atoms with Gasteiger partial charge in [-0.15, -0.1) is 0 Å². The minimum Gasteiger partial charge on any atom is -0.772 e. The molecule has 0 saturated carbocycles. The highest BCUT2D eigenvalue weighted by atomic mass is 32.2. The van der Waals surface area contributed by atoms with E-state index in [2.05, 4.69) is 0 Å². The van der Waals surface area contributed by atoms with Crippen molar-refractivity contribution in [2.75, 3.05) is 5.75 Å². The predicted molar refractivity (Wildman–Crippen MR) is 53.9 cm³/mol. The summed E-state index contributed by atoms with van der Waals surface area (Å²) >= 11 is -2.53. The first-order valence-electron chi connectivity index (χ1n) is 4.84. The van der Waals surface area contributed by atoms with Crippen molar-refractivity contribution in [3.8, 4) is 0 Å². The summed E-state index contributed by atoms with van der Waals surface area (Å²) in [4.78, 5) is 0. The molecular formula is C10H7F6O2S-. The fourth-order valence-electron chi connectivity index (χ4n) is 1.36. The van der Waals surface area contributed by atoms with Crippen LogP contribution in [0.5, 0.6) is 0 Å². The Morgan fingerprint density at radius 1 is 0.947 bits per heavy atom. The van der Waals surface area contributed by atoms with Crippen LogP contribution in [0.4, 0.5) is 26.3 Å². The molecule has 0 radical (unpaired) electrons. The first-order valence-corrected chi connectivity index (χ1v) is 6.09. The van der Waals surface area contributed by atoms with Gasteiger partial charge >= 0.3 is 12.4 Å². The summed E-state index contributed by atoms with van der Waals surface area (Å²) < 4.78 is 95.3. The van der Waals surface area contributed by atoms with Crippen LogP contribution in [0.3, 0.4) is 0 Å². The van der Waals surface area contributed by atoms with Crippen molar-refractivity contribution >= 4 is 11.1 Å². The average molecular weight is 305 g/mol. The molecule has 2 nitrogen and oxygen atoms in total. The lowest BCUT2D eigenvalue weighted by Gasteiger charge is -2.14. The first kappa shape index (κ1) is 16.0. The third kappa shape index (κ3) is 4.83. The minimum atomic E-state index is -4.92. The summed E-state index contributed by atoms with van der Waals surface area (Å²) in [6, 6.07) is 1.03. The van der Waals surface area contributed by atoms with E-state index in [1.54, 1.807) is 0 Å². The van der Waals surface area contributed by atoms with Crippen molar-refractivity contribution in [1.29, 1.82) is 0 Å². The van der Waals surface area contributed by atoms with E-state index in [4.69, 9.17) is 0 Å². The van der Waals surface area contributed by atoms with Crippen LogP contribution in [0, 0.1) is 0 Å². The molecule has 1 unspecified atom stereocenters. The van der Waals surface area contributed by atoms with E-state index in [1.807, 2.05) is 0 Å². The van der Waals surface area contributed by atoms with Crippen LogP contribution < -0.4 is 0 Å². The molecule has 0 aliphatic heterocycles. The molecule has 0 bridgehead atoms. The van der Waals surface area contributed by atoms with Crippen LogP contribution in [0.25, 0.3) is 0 Å². The van der Waals surface area contributed by atoms with Gasteiger partial charge in [-0.1, -0.05) is 11.1 Å². The van der Waals surface area contributed by atoms with Crippen molar-refractivity contribution < 1.29 is 35.1 Å². The van der Waals surface area contributed by atoms with Crippen LogP contribution in [-0.4, -0.2) is 14.5 Å². The number of alkyl halides is 6. The van der Waals surface area contributed by atoms with E-state index in [0.29, 0.717) is 12.1 Å². The second kappa shape index (κ2) is 5.49. The molecule has 0 N–H and O–H groups in total. The smallest absolute Gasteiger partial charge is 0.416 e. The van der Waals surface area contributed by atoms with Crippen LogP contribution in [-0.2, 0) is 29.9 Å². The van der Waals surface area contributed by atoms with Crippen LogP contribution in [0.15, 0.2) is 18.2 Å². The van der Waals surface area contributed by atoms with Gasteiger partial charge in [-0.25, -0.2) is 0 Å². The maximum absolute atomic E-state index is 12.4. The van der Waals surface area contributed by atoms with E-state index >= 15 is 0 Å². The molecule has 19 heavy (non-hydrogen) atoms. The lowest BCUT2D eigenvalue weighted by atomic mass is 10.0. The minimum absolute atomic E-state index is 0.00232. The van der Waals surface area contributed by atoms with E-state index in [1.165, 1.54) is 0 Å². The molecule has 0 fully saturated rings. The zero-order chi connectivity index (χ0) is 14.8. The second-order valence-corrected chi connectivity index (χ2v) is 4.69. The Hall–Kier alpha value is -1.09. The molecule has 108 valence electrons. The topological polar surface area (TPSA) is 40.1 Å². The molecule has 0 amide bonds. The summed E-state index contributed by atoms with van der Waals surface area (Å²) in [7, 11) is 0. The number of hydrogen-bond donors (Lipinski definition) is 0. The molecule has 0 aliphatic carbocycles. The molecule has 1 aromatic rings. The van der Waals surface area contributed by atoms with Gasteiger partial charge in [0.2, 0.25) is 0 Å². The number of rotatable bonds is 3. The Kier molecular flexibility index (Phi) is 4.62. The fraction of sp³-hybridized carbons (Fsp3) is 0.400. The van der Waals surface area contributed by atoms with Gasteiger partial charge in [-0.2, -0.15) is 26.3 Å². The van der Waals surface area contributed by atoms with Crippen molar-refractivity contribution in [1.82, 2.24) is 0 Å². The summed E-state index contributed by atoms with van der Waals surface area (Å²) in [5, 5.41) is 0. The van der Waals surface area contributed by atoms with E-state index in [9.17, 15) is 35.1 Å². The van der Waals surface area contributed by atoms with Crippen molar-refractivity contribution in [2.24, 2.45) is 0 Å². The van der Waals surface area contributed by atoms with Gasteiger partial charge in [0, 0.05) is 5.75 Å². The summed E-state index contributed by atoms with van der Waals surface area (Å²) in [5.74, 6) is -0.543. The van der Waals surface area contributed by atoms with Crippen molar-refractivity contribution in [3.63, 3.8) is 0 Å². The van der Waals surface area contributed by atoms with Gasteiger partial charge in [0.25, 0.3) is 0 Å². The van der Waals surface area contributed by atoms with Crippen molar-refractivity contribution in [3.05, 3.63) is 34.9 Å². The van der Waals surface area contributed by atoms with Crippen LogP contribution in [0.1, 0.15) is 16.7 Å². The van der Waals surface area contributed by atoms with Crippen LogP contribution >= 0.6 is 0 Å². The molecule has 1 rings (SSSR count).